The van der Waals surface area contributed by atoms with E-state index in [9.17, 15) is 18.0 Å². The summed E-state index contributed by atoms with van der Waals surface area (Å²) in [6, 6.07) is 11.0. The van der Waals surface area contributed by atoms with E-state index in [0.717, 1.165) is 16.3 Å². The topological polar surface area (TPSA) is 93.9 Å². The normalized spacial score (nSPS) is 11.5. The van der Waals surface area contributed by atoms with Gasteiger partial charge in [-0.3, -0.25) is 4.79 Å². The number of esters is 1. The predicted molar refractivity (Wildman–Crippen MR) is 122 cm³/mol. The van der Waals surface area contributed by atoms with Gasteiger partial charge in [-0.1, -0.05) is 26.0 Å². The van der Waals surface area contributed by atoms with Crippen molar-refractivity contribution in [2.24, 2.45) is 0 Å². The number of hydrogen-bond donors (Lipinski definition) is 0. The van der Waals surface area contributed by atoms with Crippen LogP contribution in [0.2, 0.25) is 0 Å². The molecule has 1 aromatic heterocycles. The molecule has 0 aliphatic heterocycles. The highest BCUT2D eigenvalue weighted by Gasteiger charge is 2.31. The van der Waals surface area contributed by atoms with Gasteiger partial charge in [0.1, 0.15) is 16.9 Å². The van der Waals surface area contributed by atoms with Gasteiger partial charge in [0.2, 0.25) is 5.91 Å². The van der Waals surface area contributed by atoms with Gasteiger partial charge in [0.15, 0.2) is 0 Å². The van der Waals surface area contributed by atoms with Gasteiger partial charge in [0, 0.05) is 11.8 Å². The summed E-state index contributed by atoms with van der Waals surface area (Å²) >= 11 is 0. The van der Waals surface area contributed by atoms with Crippen LogP contribution in [0.15, 0.2) is 51.8 Å². The van der Waals surface area contributed by atoms with Crippen LogP contribution >= 0.6 is 0 Å². The Bertz CT molecular complexity index is 1240. The van der Waals surface area contributed by atoms with Crippen molar-refractivity contribution in [3.63, 3.8) is 0 Å². The van der Waals surface area contributed by atoms with Gasteiger partial charge in [-0.15, -0.1) is 0 Å². The lowest BCUT2D eigenvalue weighted by Gasteiger charge is -2.23. The Kier molecular flexibility index (Phi) is 7.03. The third-order valence-electron chi connectivity index (χ3n) is 5.12. The number of aryl methyl sites for hydroxylation is 2. The molecule has 32 heavy (non-hydrogen) atoms. The molecule has 0 saturated heterocycles. The number of hydrogen-bond acceptors (Lipinski definition) is 6. The molecule has 1 amide bonds. The molecule has 7 nitrogen and oxygen atoms in total. The second-order valence-corrected chi connectivity index (χ2v) is 9.13. The standard InChI is InChI=1S/C24H27NO6S/c1-5-8-22(26)25(32(28,29)19-12-9-17(6-2)10-13-19)18-11-14-21-20(15-18)23(16(4)31-21)24(27)30-7-3/h9-15H,5-8H2,1-4H3. The second kappa shape index (κ2) is 9.56. The van der Waals surface area contributed by atoms with Gasteiger partial charge >= 0.3 is 5.97 Å². The minimum atomic E-state index is -4.17. The number of nitrogens with zero attached hydrogens (tertiary/aromatic N) is 1. The molecule has 0 N–H and O–H groups in total. The van der Waals surface area contributed by atoms with Gasteiger partial charge in [-0.05, 0) is 62.6 Å². The van der Waals surface area contributed by atoms with Crippen LogP contribution in [0.25, 0.3) is 11.0 Å². The van der Waals surface area contributed by atoms with E-state index in [1.165, 1.54) is 24.3 Å². The van der Waals surface area contributed by atoms with Crippen molar-refractivity contribution < 1.29 is 27.2 Å². The van der Waals surface area contributed by atoms with E-state index in [0.29, 0.717) is 23.2 Å². The molecule has 0 bridgehead atoms. The molecule has 0 radical (unpaired) electrons. The van der Waals surface area contributed by atoms with E-state index < -0.39 is 21.9 Å². The van der Waals surface area contributed by atoms with Crippen molar-refractivity contribution >= 4 is 38.6 Å². The zero-order valence-corrected chi connectivity index (χ0v) is 19.5. The Morgan fingerprint density at radius 2 is 1.72 bits per heavy atom. The summed E-state index contributed by atoms with van der Waals surface area (Å²) in [6.45, 7) is 7.30. The number of fused-ring (bicyclic) bond motifs is 1. The monoisotopic (exact) mass is 457 g/mol. The van der Waals surface area contributed by atoms with Crippen LogP contribution in [0.1, 0.15) is 55.3 Å². The molecule has 2 aromatic carbocycles. The Hall–Kier alpha value is -3.13. The van der Waals surface area contributed by atoms with Crippen LogP contribution in [0.4, 0.5) is 5.69 Å². The first-order chi connectivity index (χ1) is 15.2. The summed E-state index contributed by atoms with van der Waals surface area (Å²) in [7, 11) is -4.17. The van der Waals surface area contributed by atoms with E-state index in [2.05, 4.69) is 0 Å². The molecule has 0 atom stereocenters. The smallest absolute Gasteiger partial charge is 0.342 e. The molecular formula is C24H27NO6S. The molecule has 0 aliphatic carbocycles. The van der Waals surface area contributed by atoms with Crippen LogP contribution in [-0.4, -0.2) is 26.9 Å². The number of carbonyl (C=O) groups excluding carboxylic acids is 2. The van der Waals surface area contributed by atoms with Crippen molar-refractivity contribution in [1.82, 2.24) is 0 Å². The minimum absolute atomic E-state index is 0.0215. The molecule has 0 saturated carbocycles. The maximum absolute atomic E-state index is 13.5. The largest absolute Gasteiger partial charge is 0.462 e. The third kappa shape index (κ3) is 4.41. The van der Waals surface area contributed by atoms with E-state index in [1.54, 1.807) is 39.0 Å². The Morgan fingerprint density at radius 1 is 1.03 bits per heavy atom. The highest BCUT2D eigenvalue weighted by molar-refractivity contribution is 7.93. The van der Waals surface area contributed by atoms with E-state index in [1.807, 2.05) is 6.92 Å². The van der Waals surface area contributed by atoms with Crippen molar-refractivity contribution in [1.29, 1.82) is 0 Å². The molecule has 0 unspecified atom stereocenters. The van der Waals surface area contributed by atoms with E-state index in [-0.39, 0.29) is 29.2 Å². The predicted octanol–water partition coefficient (Wildman–Crippen LogP) is 5.00. The van der Waals surface area contributed by atoms with Crippen molar-refractivity contribution in [3.05, 3.63) is 59.4 Å². The van der Waals surface area contributed by atoms with Crippen LogP contribution in [0.3, 0.4) is 0 Å². The zero-order chi connectivity index (χ0) is 23.5. The average molecular weight is 458 g/mol. The molecule has 0 aliphatic rings. The van der Waals surface area contributed by atoms with Crippen molar-refractivity contribution in [2.45, 2.75) is 51.9 Å². The Balaban J connectivity index is 2.18. The summed E-state index contributed by atoms with van der Waals surface area (Å²) < 4.78 is 38.6. The molecule has 0 spiro atoms. The lowest BCUT2D eigenvalue weighted by molar-refractivity contribution is -0.117. The fourth-order valence-corrected chi connectivity index (χ4v) is 4.97. The number of sulfonamides is 1. The van der Waals surface area contributed by atoms with E-state index in [4.69, 9.17) is 9.15 Å². The number of benzene rings is 2. The number of ether oxygens (including phenoxy) is 1. The van der Waals surface area contributed by atoms with Gasteiger partial charge < -0.3 is 9.15 Å². The second-order valence-electron chi connectivity index (χ2n) is 7.34. The summed E-state index contributed by atoms with van der Waals surface area (Å²) in [4.78, 5) is 25.5. The summed E-state index contributed by atoms with van der Waals surface area (Å²) in [5, 5.41) is 0.393. The van der Waals surface area contributed by atoms with Crippen LogP contribution in [0.5, 0.6) is 0 Å². The number of carbonyl (C=O) groups is 2. The molecule has 8 heteroatoms. The van der Waals surface area contributed by atoms with E-state index >= 15 is 0 Å². The minimum Gasteiger partial charge on any atom is -0.462 e. The number of furan rings is 1. The zero-order valence-electron chi connectivity index (χ0n) is 18.7. The van der Waals surface area contributed by atoms with Crippen molar-refractivity contribution in [3.8, 4) is 0 Å². The molecule has 0 fully saturated rings. The van der Waals surface area contributed by atoms with Gasteiger partial charge in [0.05, 0.1) is 17.2 Å². The van der Waals surface area contributed by atoms with Gasteiger partial charge in [0.25, 0.3) is 10.0 Å². The lowest BCUT2D eigenvalue weighted by atomic mass is 10.1. The highest BCUT2D eigenvalue weighted by Crippen LogP contribution is 2.33. The Labute approximate surface area is 188 Å². The van der Waals surface area contributed by atoms with Crippen LogP contribution < -0.4 is 4.31 Å². The van der Waals surface area contributed by atoms with Crippen LogP contribution in [-0.2, 0) is 26.0 Å². The fourth-order valence-electron chi connectivity index (χ4n) is 3.53. The first-order valence-electron chi connectivity index (χ1n) is 10.6. The lowest BCUT2D eigenvalue weighted by Crippen LogP contribution is -2.36. The Morgan fingerprint density at radius 3 is 2.31 bits per heavy atom. The molecule has 3 rings (SSSR count). The summed E-state index contributed by atoms with van der Waals surface area (Å²) in [6.07, 6.45) is 1.31. The highest BCUT2D eigenvalue weighted by atomic mass is 32.2. The van der Waals surface area contributed by atoms with Gasteiger partial charge in [-0.25, -0.2) is 17.5 Å². The molecule has 170 valence electrons. The van der Waals surface area contributed by atoms with Crippen molar-refractivity contribution in [2.75, 3.05) is 10.9 Å². The maximum Gasteiger partial charge on any atom is 0.342 e. The number of rotatable bonds is 8. The first kappa shape index (κ1) is 23.5. The SMILES string of the molecule is CCCC(=O)N(c1ccc2oc(C)c(C(=O)OCC)c2c1)S(=O)(=O)c1ccc(CC)cc1. The maximum atomic E-state index is 13.5. The molecule has 1 heterocycles. The summed E-state index contributed by atoms with van der Waals surface area (Å²) in [5.74, 6) is -0.755. The molecule has 3 aromatic rings. The quantitative estimate of drug-likeness (QED) is 0.442. The summed E-state index contributed by atoms with van der Waals surface area (Å²) in [5.41, 5.74) is 1.75. The molecular weight excluding hydrogens is 430 g/mol. The van der Waals surface area contributed by atoms with Gasteiger partial charge in [-0.2, -0.15) is 0 Å². The fraction of sp³-hybridized carbons (Fsp3) is 0.333. The average Bonchev–Trinajstić information content (AvgIpc) is 3.09. The first-order valence-corrected chi connectivity index (χ1v) is 12.1. The number of anilines is 1. The van der Waals surface area contributed by atoms with Crippen LogP contribution in [0, 0.1) is 6.92 Å². The third-order valence-corrected chi connectivity index (χ3v) is 6.88. The number of amides is 1.